The number of rotatable bonds is 4. The van der Waals surface area contributed by atoms with Gasteiger partial charge in [0, 0.05) is 51.9 Å². The van der Waals surface area contributed by atoms with Crippen molar-refractivity contribution in [3.63, 3.8) is 0 Å². The summed E-state index contributed by atoms with van der Waals surface area (Å²) in [6, 6.07) is 2.14. The van der Waals surface area contributed by atoms with Crippen LogP contribution >= 0.6 is 0 Å². The van der Waals surface area contributed by atoms with Gasteiger partial charge >= 0.3 is 0 Å². The summed E-state index contributed by atoms with van der Waals surface area (Å²) in [5.74, 6) is 3.09. The Morgan fingerprint density at radius 1 is 0.909 bits per heavy atom. The number of piperazine rings is 1. The monoisotopic (exact) mass is 303 g/mol. The Kier molecular flexibility index (Phi) is 4.12. The van der Waals surface area contributed by atoms with Crippen molar-refractivity contribution in [2.45, 2.75) is 12.8 Å². The summed E-state index contributed by atoms with van der Waals surface area (Å²) in [6.45, 7) is 9.20. The van der Waals surface area contributed by atoms with Crippen molar-refractivity contribution in [1.82, 2.24) is 14.9 Å². The van der Waals surface area contributed by atoms with Gasteiger partial charge in [-0.1, -0.05) is 0 Å². The summed E-state index contributed by atoms with van der Waals surface area (Å²) in [4.78, 5) is 16.2. The van der Waals surface area contributed by atoms with E-state index < -0.39 is 0 Å². The molecule has 0 aromatic carbocycles. The van der Waals surface area contributed by atoms with E-state index in [-0.39, 0.29) is 0 Å². The zero-order chi connectivity index (χ0) is 14.8. The van der Waals surface area contributed by atoms with E-state index in [1.165, 1.54) is 19.4 Å². The number of aromatic nitrogens is 2. The van der Waals surface area contributed by atoms with Crippen molar-refractivity contribution in [2.75, 3.05) is 68.8 Å². The molecule has 1 saturated carbocycles. The molecule has 22 heavy (non-hydrogen) atoms. The normalized spacial score (nSPS) is 23.8. The number of morpholine rings is 1. The fourth-order valence-corrected chi connectivity index (χ4v) is 3.30. The maximum Gasteiger partial charge on any atom is 0.134 e. The predicted molar refractivity (Wildman–Crippen MR) is 86.4 cm³/mol. The molecule has 3 aliphatic rings. The van der Waals surface area contributed by atoms with Gasteiger partial charge in [0.15, 0.2) is 0 Å². The largest absolute Gasteiger partial charge is 0.378 e. The average molecular weight is 303 g/mol. The highest BCUT2D eigenvalue weighted by Crippen LogP contribution is 2.30. The third-order valence-electron chi connectivity index (χ3n) is 4.88. The van der Waals surface area contributed by atoms with Crippen LogP contribution in [0.3, 0.4) is 0 Å². The van der Waals surface area contributed by atoms with Gasteiger partial charge in [-0.15, -0.1) is 0 Å². The summed E-state index contributed by atoms with van der Waals surface area (Å²) in [5, 5.41) is 0. The lowest BCUT2D eigenvalue weighted by Gasteiger charge is -2.36. The molecule has 2 aliphatic heterocycles. The second kappa shape index (κ2) is 6.38. The van der Waals surface area contributed by atoms with Crippen molar-refractivity contribution in [3.8, 4) is 0 Å². The van der Waals surface area contributed by atoms with E-state index in [9.17, 15) is 0 Å². The summed E-state index contributed by atoms with van der Waals surface area (Å²) in [5.41, 5.74) is 0. The van der Waals surface area contributed by atoms with E-state index in [2.05, 4.69) is 30.7 Å². The molecule has 1 aliphatic carbocycles. The molecule has 0 spiro atoms. The van der Waals surface area contributed by atoms with Crippen molar-refractivity contribution >= 4 is 11.6 Å². The van der Waals surface area contributed by atoms with Crippen LogP contribution in [0.2, 0.25) is 0 Å². The van der Waals surface area contributed by atoms with Crippen LogP contribution in [0.15, 0.2) is 12.4 Å². The first kappa shape index (κ1) is 14.2. The van der Waals surface area contributed by atoms with Crippen LogP contribution in [0.25, 0.3) is 0 Å². The van der Waals surface area contributed by atoms with Crippen molar-refractivity contribution in [1.29, 1.82) is 0 Å². The highest BCUT2D eigenvalue weighted by Gasteiger charge is 2.26. The molecule has 4 rings (SSSR count). The smallest absolute Gasteiger partial charge is 0.134 e. The van der Waals surface area contributed by atoms with E-state index >= 15 is 0 Å². The van der Waals surface area contributed by atoms with Crippen LogP contribution in [0.5, 0.6) is 0 Å². The summed E-state index contributed by atoms with van der Waals surface area (Å²) >= 11 is 0. The number of ether oxygens (including phenoxy) is 1. The van der Waals surface area contributed by atoms with Crippen molar-refractivity contribution in [2.24, 2.45) is 5.92 Å². The standard InChI is InChI=1S/C16H25N5O/c1-2-14(1)12-19-3-5-20(6-4-19)15-11-16(18-13-17-15)21-7-9-22-10-8-21/h11,13-14H,1-10,12H2. The molecule has 6 heteroatoms. The SMILES string of the molecule is c1nc(N2CCOCC2)cc(N2CCN(CC3CC3)CC2)n1. The summed E-state index contributed by atoms with van der Waals surface area (Å²) < 4.78 is 5.42. The molecule has 0 unspecified atom stereocenters. The van der Waals surface area contributed by atoms with Gasteiger partial charge in [-0.05, 0) is 18.8 Å². The highest BCUT2D eigenvalue weighted by molar-refractivity contribution is 5.50. The van der Waals surface area contributed by atoms with Crippen LogP contribution in [0.4, 0.5) is 11.6 Å². The quantitative estimate of drug-likeness (QED) is 0.821. The van der Waals surface area contributed by atoms with Crippen LogP contribution < -0.4 is 9.80 Å². The van der Waals surface area contributed by atoms with Crippen LogP contribution in [-0.4, -0.2) is 73.9 Å². The van der Waals surface area contributed by atoms with Gasteiger partial charge in [0.1, 0.15) is 18.0 Å². The first-order chi connectivity index (χ1) is 10.9. The first-order valence-electron chi connectivity index (χ1n) is 8.50. The molecule has 0 bridgehead atoms. The maximum absolute atomic E-state index is 5.42. The fourth-order valence-electron chi connectivity index (χ4n) is 3.30. The lowest BCUT2D eigenvalue weighted by Crippen LogP contribution is -2.47. The minimum absolute atomic E-state index is 0.791. The Labute approximate surface area is 132 Å². The summed E-state index contributed by atoms with van der Waals surface area (Å²) in [6.07, 6.45) is 4.58. The molecule has 0 N–H and O–H groups in total. The number of hydrogen-bond acceptors (Lipinski definition) is 6. The van der Waals surface area contributed by atoms with Gasteiger partial charge in [-0.25, -0.2) is 9.97 Å². The van der Waals surface area contributed by atoms with E-state index in [0.717, 1.165) is 70.0 Å². The number of anilines is 2. The molecule has 0 atom stereocenters. The molecule has 120 valence electrons. The van der Waals surface area contributed by atoms with E-state index in [4.69, 9.17) is 4.74 Å². The Bertz CT molecular complexity index is 493. The lowest BCUT2D eigenvalue weighted by atomic mass is 10.2. The molecular weight excluding hydrogens is 278 g/mol. The second-order valence-electron chi connectivity index (χ2n) is 6.56. The van der Waals surface area contributed by atoms with Crippen LogP contribution in [0.1, 0.15) is 12.8 Å². The Balaban J connectivity index is 1.37. The minimum atomic E-state index is 0.791. The zero-order valence-electron chi connectivity index (χ0n) is 13.2. The number of hydrogen-bond donors (Lipinski definition) is 0. The van der Waals surface area contributed by atoms with Gasteiger partial charge < -0.3 is 14.5 Å². The van der Waals surface area contributed by atoms with E-state index in [1.54, 1.807) is 6.33 Å². The van der Waals surface area contributed by atoms with Crippen LogP contribution in [0, 0.1) is 5.92 Å². The molecule has 1 aromatic rings. The fraction of sp³-hybridized carbons (Fsp3) is 0.750. The van der Waals surface area contributed by atoms with E-state index in [0.29, 0.717) is 0 Å². The van der Waals surface area contributed by atoms with E-state index in [1.807, 2.05) is 0 Å². The molecule has 3 heterocycles. The summed E-state index contributed by atoms with van der Waals surface area (Å²) in [7, 11) is 0. The Morgan fingerprint density at radius 2 is 1.55 bits per heavy atom. The number of nitrogens with zero attached hydrogens (tertiary/aromatic N) is 5. The topological polar surface area (TPSA) is 44.7 Å². The van der Waals surface area contributed by atoms with Gasteiger partial charge in [-0.3, -0.25) is 4.90 Å². The molecule has 0 radical (unpaired) electrons. The van der Waals surface area contributed by atoms with Gasteiger partial charge in [0.2, 0.25) is 0 Å². The highest BCUT2D eigenvalue weighted by atomic mass is 16.5. The predicted octanol–water partition coefficient (Wildman–Crippen LogP) is 0.845. The third-order valence-corrected chi connectivity index (χ3v) is 4.88. The third kappa shape index (κ3) is 3.33. The first-order valence-corrected chi connectivity index (χ1v) is 8.50. The van der Waals surface area contributed by atoms with Crippen LogP contribution in [-0.2, 0) is 4.74 Å². The molecule has 1 aromatic heterocycles. The van der Waals surface area contributed by atoms with Crippen molar-refractivity contribution in [3.05, 3.63) is 12.4 Å². The molecule has 2 saturated heterocycles. The molecule has 3 fully saturated rings. The lowest BCUT2D eigenvalue weighted by molar-refractivity contribution is 0.122. The Morgan fingerprint density at radius 3 is 2.18 bits per heavy atom. The Hall–Kier alpha value is -1.40. The average Bonchev–Trinajstić information content (AvgIpc) is 3.41. The molecule has 6 nitrogen and oxygen atoms in total. The zero-order valence-corrected chi connectivity index (χ0v) is 13.2. The van der Waals surface area contributed by atoms with Gasteiger partial charge in [-0.2, -0.15) is 0 Å². The molecular formula is C16H25N5O. The maximum atomic E-state index is 5.42. The molecule has 0 amide bonds. The second-order valence-corrected chi connectivity index (χ2v) is 6.56. The van der Waals surface area contributed by atoms with Gasteiger partial charge in [0.05, 0.1) is 13.2 Å². The minimum Gasteiger partial charge on any atom is -0.378 e. The van der Waals surface area contributed by atoms with Gasteiger partial charge in [0.25, 0.3) is 0 Å². The van der Waals surface area contributed by atoms with Crippen molar-refractivity contribution < 1.29 is 4.74 Å².